The van der Waals surface area contributed by atoms with Crippen LogP contribution >= 0.6 is 23.7 Å². The number of sulfonamides is 1. The monoisotopic (exact) mass is 564 g/mol. The number of para-hydroxylation sites is 1. The SMILES string of the molecule is CCN(CC)CCN(C(=O)c1ccc(S(=O)(=O)N2CCCCCC2)cc1)c1nc2c(C)cccc2s1.Cl. The molecule has 10 heteroatoms. The van der Waals surface area contributed by atoms with Gasteiger partial charge in [0.15, 0.2) is 5.13 Å². The van der Waals surface area contributed by atoms with E-state index in [1.807, 2.05) is 25.1 Å². The number of amides is 1. The fraction of sp³-hybridized carbons (Fsp3) is 0.481. The van der Waals surface area contributed by atoms with Crippen molar-refractivity contribution in [2.45, 2.75) is 51.3 Å². The van der Waals surface area contributed by atoms with E-state index in [-0.39, 0.29) is 23.2 Å². The predicted molar refractivity (Wildman–Crippen MR) is 155 cm³/mol. The Balaban J connectivity index is 0.00000380. The molecule has 0 atom stereocenters. The fourth-order valence-corrected chi connectivity index (χ4v) is 7.20. The Kier molecular flexibility index (Phi) is 10.5. The number of aromatic nitrogens is 1. The molecule has 1 aromatic heterocycles. The molecule has 0 N–H and O–H groups in total. The van der Waals surface area contributed by atoms with Gasteiger partial charge in [0.25, 0.3) is 5.91 Å². The molecule has 3 aromatic rings. The van der Waals surface area contributed by atoms with Crippen LogP contribution in [0.4, 0.5) is 5.13 Å². The first-order valence-corrected chi connectivity index (χ1v) is 15.1. The number of hydrogen-bond acceptors (Lipinski definition) is 6. The van der Waals surface area contributed by atoms with Crippen molar-refractivity contribution in [3.8, 4) is 0 Å². The first-order chi connectivity index (χ1) is 17.3. The van der Waals surface area contributed by atoms with Crippen LogP contribution in [0, 0.1) is 6.92 Å². The summed E-state index contributed by atoms with van der Waals surface area (Å²) < 4.78 is 29.0. The van der Waals surface area contributed by atoms with Crippen LogP contribution in [0.5, 0.6) is 0 Å². The second kappa shape index (κ2) is 13.2. The van der Waals surface area contributed by atoms with Crippen molar-refractivity contribution in [3.05, 3.63) is 53.6 Å². The van der Waals surface area contributed by atoms with E-state index in [1.54, 1.807) is 33.5 Å². The van der Waals surface area contributed by atoms with Crippen molar-refractivity contribution in [1.82, 2.24) is 14.2 Å². The Morgan fingerprint density at radius 2 is 1.62 bits per heavy atom. The van der Waals surface area contributed by atoms with Crippen LogP contribution in [0.15, 0.2) is 47.4 Å². The second-order valence-corrected chi connectivity index (χ2v) is 12.2. The number of nitrogens with zero attached hydrogens (tertiary/aromatic N) is 4. The van der Waals surface area contributed by atoms with Gasteiger partial charge in [0.05, 0.1) is 15.1 Å². The highest BCUT2D eigenvalue weighted by Gasteiger charge is 2.27. The molecule has 0 unspecified atom stereocenters. The summed E-state index contributed by atoms with van der Waals surface area (Å²) in [6.07, 6.45) is 3.90. The number of anilines is 1. The highest BCUT2D eigenvalue weighted by molar-refractivity contribution is 7.89. The van der Waals surface area contributed by atoms with Gasteiger partial charge < -0.3 is 4.90 Å². The second-order valence-electron chi connectivity index (χ2n) is 9.24. The van der Waals surface area contributed by atoms with E-state index >= 15 is 0 Å². The number of carbonyl (C=O) groups excluding carboxylic acids is 1. The molecule has 0 radical (unpaired) electrons. The van der Waals surface area contributed by atoms with Crippen LogP contribution in [0.25, 0.3) is 10.2 Å². The molecule has 2 heterocycles. The number of benzene rings is 2. The van der Waals surface area contributed by atoms with Gasteiger partial charge in [-0.2, -0.15) is 4.31 Å². The summed E-state index contributed by atoms with van der Waals surface area (Å²) in [6.45, 7) is 10.4. The van der Waals surface area contributed by atoms with E-state index in [0.717, 1.165) is 61.1 Å². The summed E-state index contributed by atoms with van der Waals surface area (Å²) in [7, 11) is -3.56. The molecule has 0 aliphatic carbocycles. The number of carbonyl (C=O) groups is 1. The molecule has 1 aliphatic heterocycles. The van der Waals surface area contributed by atoms with Crippen molar-refractivity contribution in [1.29, 1.82) is 0 Å². The molecule has 37 heavy (non-hydrogen) atoms. The molecule has 4 rings (SSSR count). The van der Waals surface area contributed by atoms with E-state index < -0.39 is 10.0 Å². The van der Waals surface area contributed by atoms with Gasteiger partial charge in [-0.25, -0.2) is 13.4 Å². The molecule has 202 valence electrons. The van der Waals surface area contributed by atoms with Crippen LogP contribution < -0.4 is 4.90 Å². The number of fused-ring (bicyclic) bond motifs is 1. The lowest BCUT2D eigenvalue weighted by Gasteiger charge is -2.25. The van der Waals surface area contributed by atoms with Gasteiger partial charge in [0.2, 0.25) is 10.0 Å². The highest BCUT2D eigenvalue weighted by atomic mass is 35.5. The smallest absolute Gasteiger partial charge is 0.260 e. The maximum atomic E-state index is 13.7. The molecule has 0 bridgehead atoms. The Labute approximate surface area is 230 Å². The zero-order valence-electron chi connectivity index (χ0n) is 21.9. The number of hydrogen-bond donors (Lipinski definition) is 0. The number of thiazole rings is 1. The lowest BCUT2D eigenvalue weighted by molar-refractivity contribution is 0.0983. The third kappa shape index (κ3) is 6.70. The zero-order valence-corrected chi connectivity index (χ0v) is 24.3. The highest BCUT2D eigenvalue weighted by Crippen LogP contribution is 2.31. The number of rotatable bonds is 9. The van der Waals surface area contributed by atoms with Crippen LogP contribution in [-0.4, -0.2) is 67.8 Å². The molecule has 2 aromatic carbocycles. The van der Waals surface area contributed by atoms with Crippen molar-refractivity contribution in [2.75, 3.05) is 44.2 Å². The minimum atomic E-state index is -3.56. The predicted octanol–water partition coefficient (Wildman–Crippen LogP) is 5.58. The Hall–Kier alpha value is -2.04. The van der Waals surface area contributed by atoms with Crippen LogP contribution in [-0.2, 0) is 10.0 Å². The third-order valence-electron chi connectivity index (χ3n) is 6.92. The molecule has 0 saturated carbocycles. The standard InChI is InChI=1S/C27H36N4O3S2.ClH/c1-4-29(5-2)19-20-31(27-28-25-21(3)11-10-12-24(25)35-27)26(32)22-13-15-23(16-14-22)36(33,34)30-17-8-6-7-9-18-30;/h10-16H,4-9,17-20H2,1-3H3;1H. The van der Waals surface area contributed by atoms with Gasteiger partial charge >= 0.3 is 0 Å². The zero-order chi connectivity index (χ0) is 25.7. The lowest BCUT2D eigenvalue weighted by Crippen LogP contribution is -2.39. The van der Waals surface area contributed by atoms with Gasteiger partial charge in [-0.1, -0.05) is 50.2 Å². The average molecular weight is 565 g/mol. The van der Waals surface area contributed by atoms with Crippen molar-refractivity contribution >= 4 is 55.0 Å². The van der Waals surface area contributed by atoms with Crippen molar-refractivity contribution < 1.29 is 13.2 Å². The molecule has 1 amide bonds. The first kappa shape index (κ1) is 29.5. The van der Waals surface area contributed by atoms with E-state index in [1.165, 1.54) is 11.3 Å². The molecule has 1 saturated heterocycles. The normalized spacial score (nSPS) is 14.9. The molecule has 7 nitrogen and oxygen atoms in total. The van der Waals surface area contributed by atoms with Gasteiger partial charge in [-0.15, -0.1) is 12.4 Å². The Morgan fingerprint density at radius 3 is 2.22 bits per heavy atom. The van der Waals surface area contributed by atoms with Crippen LogP contribution in [0.2, 0.25) is 0 Å². The topological polar surface area (TPSA) is 73.8 Å². The quantitative estimate of drug-likeness (QED) is 0.339. The van der Waals surface area contributed by atoms with Gasteiger partial charge in [-0.05, 0) is 68.8 Å². The lowest BCUT2D eigenvalue weighted by atomic mass is 10.2. The minimum absolute atomic E-state index is 0. The van der Waals surface area contributed by atoms with E-state index in [0.29, 0.717) is 30.3 Å². The Bertz CT molecular complexity index is 1280. The van der Waals surface area contributed by atoms with Crippen LogP contribution in [0.1, 0.15) is 55.5 Å². The third-order valence-corrected chi connectivity index (χ3v) is 9.88. The summed E-state index contributed by atoms with van der Waals surface area (Å²) in [5.41, 5.74) is 2.45. The minimum Gasteiger partial charge on any atom is -0.302 e. The van der Waals surface area contributed by atoms with E-state index in [4.69, 9.17) is 4.98 Å². The molecule has 1 fully saturated rings. The molecule has 1 aliphatic rings. The first-order valence-electron chi connectivity index (χ1n) is 12.9. The van der Waals surface area contributed by atoms with Crippen molar-refractivity contribution in [3.63, 3.8) is 0 Å². The van der Waals surface area contributed by atoms with Crippen molar-refractivity contribution in [2.24, 2.45) is 0 Å². The van der Waals surface area contributed by atoms with E-state index in [2.05, 4.69) is 18.7 Å². The largest absolute Gasteiger partial charge is 0.302 e. The van der Waals surface area contributed by atoms with Gasteiger partial charge in [0, 0.05) is 31.7 Å². The summed E-state index contributed by atoms with van der Waals surface area (Å²) >= 11 is 1.51. The molecular weight excluding hydrogens is 528 g/mol. The van der Waals surface area contributed by atoms with Crippen LogP contribution in [0.3, 0.4) is 0 Å². The van der Waals surface area contributed by atoms with E-state index in [9.17, 15) is 13.2 Å². The maximum absolute atomic E-state index is 13.7. The molecular formula is C27H37ClN4O3S2. The van der Waals surface area contributed by atoms with Gasteiger partial charge in [-0.3, -0.25) is 9.69 Å². The summed E-state index contributed by atoms with van der Waals surface area (Å²) in [4.78, 5) is 22.8. The molecule has 0 spiro atoms. The van der Waals surface area contributed by atoms with Gasteiger partial charge in [0.1, 0.15) is 0 Å². The number of halogens is 1. The summed E-state index contributed by atoms with van der Waals surface area (Å²) in [5, 5.41) is 0.665. The number of likely N-dealkylation sites (N-methyl/N-ethyl adjacent to an activating group) is 1. The maximum Gasteiger partial charge on any atom is 0.260 e. The summed E-state index contributed by atoms with van der Waals surface area (Å²) in [5.74, 6) is -0.169. The number of aryl methyl sites for hydroxylation is 1. The average Bonchev–Trinajstić information content (AvgIpc) is 3.12. The summed E-state index contributed by atoms with van der Waals surface area (Å²) in [6, 6.07) is 12.5. The Morgan fingerprint density at radius 1 is 0.973 bits per heavy atom. The fourth-order valence-electron chi connectivity index (χ4n) is 4.61.